The van der Waals surface area contributed by atoms with Crippen LogP contribution in [-0.4, -0.2) is 78.4 Å². The van der Waals surface area contributed by atoms with Gasteiger partial charge in [0.15, 0.2) is 0 Å². The summed E-state index contributed by atoms with van der Waals surface area (Å²) in [5, 5.41) is 11.5. The van der Waals surface area contributed by atoms with Crippen molar-refractivity contribution in [1.82, 2.24) is 15.1 Å². The molecule has 0 atom stereocenters. The van der Waals surface area contributed by atoms with E-state index in [-0.39, 0.29) is 12.6 Å². The summed E-state index contributed by atoms with van der Waals surface area (Å²) in [7, 11) is 0. The maximum Gasteiger partial charge on any atom is 0.407 e. The van der Waals surface area contributed by atoms with E-state index in [9.17, 15) is 9.59 Å². The molecule has 22 heavy (non-hydrogen) atoms. The Hall–Kier alpha value is -1.34. The Morgan fingerprint density at radius 3 is 2.23 bits per heavy atom. The monoisotopic (exact) mass is 315 g/mol. The fraction of sp³-hybridized carbons (Fsp3) is 0.867. The fourth-order valence-electron chi connectivity index (χ4n) is 2.33. The van der Waals surface area contributed by atoms with Crippen LogP contribution in [0.2, 0.25) is 0 Å². The van der Waals surface area contributed by atoms with E-state index >= 15 is 0 Å². The lowest BCUT2D eigenvalue weighted by Crippen LogP contribution is -2.48. The number of nitrogens with one attached hydrogen (secondary N) is 1. The van der Waals surface area contributed by atoms with E-state index in [1.165, 1.54) is 0 Å². The number of unbranched alkanes of at least 4 members (excludes halogenated alkanes) is 1. The standard InChI is InChI=1S/C15H29N3O4/c1-15(2,3)22-14(21)16-6-4-5-7-17-8-10-18(11-9-17)12-13(19)20/h4-12H2,1-3H3,(H,16,21)(H,19,20). The number of carboxylic acid groups (broad SMARTS) is 1. The van der Waals surface area contributed by atoms with E-state index in [1.54, 1.807) is 0 Å². The lowest BCUT2D eigenvalue weighted by Gasteiger charge is -2.33. The molecule has 1 saturated heterocycles. The van der Waals surface area contributed by atoms with Crippen molar-refractivity contribution in [2.24, 2.45) is 0 Å². The summed E-state index contributed by atoms with van der Waals surface area (Å²) in [6.07, 6.45) is 1.55. The molecule has 0 aromatic heterocycles. The Morgan fingerprint density at radius 2 is 1.68 bits per heavy atom. The molecular weight excluding hydrogens is 286 g/mol. The highest BCUT2D eigenvalue weighted by Gasteiger charge is 2.18. The van der Waals surface area contributed by atoms with Gasteiger partial charge in [0, 0.05) is 32.7 Å². The maximum atomic E-state index is 11.5. The molecule has 0 unspecified atom stereocenters. The van der Waals surface area contributed by atoms with Gasteiger partial charge in [-0.05, 0) is 40.2 Å². The molecule has 7 heteroatoms. The topological polar surface area (TPSA) is 82.1 Å². The number of carboxylic acids is 1. The van der Waals surface area contributed by atoms with Crippen LogP contribution in [0.25, 0.3) is 0 Å². The smallest absolute Gasteiger partial charge is 0.407 e. The Morgan fingerprint density at radius 1 is 1.09 bits per heavy atom. The van der Waals surface area contributed by atoms with Crippen LogP contribution in [0.1, 0.15) is 33.6 Å². The van der Waals surface area contributed by atoms with Crippen molar-refractivity contribution >= 4 is 12.1 Å². The number of ether oxygens (including phenoxy) is 1. The number of alkyl carbamates (subject to hydrolysis) is 1. The van der Waals surface area contributed by atoms with Crippen molar-refractivity contribution < 1.29 is 19.4 Å². The third-order valence-corrected chi connectivity index (χ3v) is 3.39. The lowest BCUT2D eigenvalue weighted by molar-refractivity contribution is -0.138. The number of piperazine rings is 1. The molecule has 128 valence electrons. The second-order valence-electron chi connectivity index (χ2n) is 6.65. The number of carbonyl (C=O) groups is 2. The zero-order valence-corrected chi connectivity index (χ0v) is 13.9. The number of hydrogen-bond donors (Lipinski definition) is 2. The minimum Gasteiger partial charge on any atom is -0.480 e. The van der Waals surface area contributed by atoms with Crippen LogP contribution in [0.4, 0.5) is 4.79 Å². The SMILES string of the molecule is CC(C)(C)OC(=O)NCCCCN1CCN(CC(=O)O)CC1. The van der Waals surface area contributed by atoms with Crippen LogP contribution < -0.4 is 5.32 Å². The van der Waals surface area contributed by atoms with Crippen LogP contribution in [-0.2, 0) is 9.53 Å². The van der Waals surface area contributed by atoms with Crippen molar-refractivity contribution in [1.29, 1.82) is 0 Å². The van der Waals surface area contributed by atoms with Crippen molar-refractivity contribution in [3.8, 4) is 0 Å². The minimum atomic E-state index is -0.762. The second-order valence-corrected chi connectivity index (χ2v) is 6.65. The van der Waals surface area contributed by atoms with Crippen LogP contribution in [0, 0.1) is 0 Å². The summed E-state index contributed by atoms with van der Waals surface area (Å²) in [6, 6.07) is 0. The summed E-state index contributed by atoms with van der Waals surface area (Å²) < 4.78 is 5.16. The van der Waals surface area contributed by atoms with Gasteiger partial charge in [0.25, 0.3) is 0 Å². The highest BCUT2D eigenvalue weighted by Crippen LogP contribution is 2.06. The van der Waals surface area contributed by atoms with Gasteiger partial charge in [-0.2, -0.15) is 0 Å². The first-order valence-electron chi connectivity index (χ1n) is 7.89. The highest BCUT2D eigenvalue weighted by molar-refractivity contribution is 5.69. The van der Waals surface area contributed by atoms with Gasteiger partial charge in [-0.3, -0.25) is 9.69 Å². The second kappa shape index (κ2) is 8.95. The average Bonchev–Trinajstić information content (AvgIpc) is 2.37. The third kappa shape index (κ3) is 8.84. The molecule has 0 radical (unpaired) electrons. The molecule has 0 aromatic carbocycles. The van der Waals surface area contributed by atoms with Gasteiger partial charge in [-0.15, -0.1) is 0 Å². The summed E-state index contributed by atoms with van der Waals surface area (Å²) >= 11 is 0. The first-order chi connectivity index (χ1) is 10.3. The summed E-state index contributed by atoms with van der Waals surface area (Å²) in [5.41, 5.74) is -0.459. The molecule has 1 aliphatic heterocycles. The number of rotatable bonds is 7. The van der Waals surface area contributed by atoms with Gasteiger partial charge < -0.3 is 20.1 Å². The predicted molar refractivity (Wildman–Crippen MR) is 84.0 cm³/mol. The molecule has 7 nitrogen and oxygen atoms in total. The van der Waals surface area contributed by atoms with Crippen LogP contribution in [0.5, 0.6) is 0 Å². The molecule has 0 saturated carbocycles. The van der Waals surface area contributed by atoms with Gasteiger partial charge in [-0.25, -0.2) is 4.79 Å². The molecule has 0 spiro atoms. The van der Waals surface area contributed by atoms with E-state index in [0.29, 0.717) is 6.54 Å². The Labute approximate surface area is 132 Å². The van der Waals surface area contributed by atoms with Gasteiger partial charge in [0.05, 0.1) is 6.54 Å². The minimum absolute atomic E-state index is 0.133. The zero-order chi connectivity index (χ0) is 16.6. The van der Waals surface area contributed by atoms with Gasteiger partial charge in [0.1, 0.15) is 5.60 Å². The maximum absolute atomic E-state index is 11.5. The van der Waals surface area contributed by atoms with Gasteiger partial charge in [-0.1, -0.05) is 0 Å². The lowest BCUT2D eigenvalue weighted by atomic mass is 10.2. The van der Waals surface area contributed by atoms with Crippen LogP contribution in [0.3, 0.4) is 0 Å². The molecule has 1 fully saturated rings. The van der Waals surface area contributed by atoms with Crippen LogP contribution >= 0.6 is 0 Å². The molecule has 1 amide bonds. The van der Waals surface area contributed by atoms with Gasteiger partial charge in [0.2, 0.25) is 0 Å². The summed E-state index contributed by atoms with van der Waals surface area (Å²) in [6.45, 7) is 10.7. The van der Waals surface area contributed by atoms with E-state index in [1.807, 2.05) is 25.7 Å². The molecule has 2 N–H and O–H groups in total. The summed E-state index contributed by atoms with van der Waals surface area (Å²) in [4.78, 5) is 26.4. The molecule has 1 heterocycles. The van der Waals surface area contributed by atoms with E-state index in [0.717, 1.165) is 45.6 Å². The summed E-state index contributed by atoms with van der Waals surface area (Å²) in [5.74, 6) is -0.762. The van der Waals surface area contributed by atoms with E-state index < -0.39 is 11.6 Å². The van der Waals surface area contributed by atoms with Crippen LogP contribution in [0.15, 0.2) is 0 Å². The third-order valence-electron chi connectivity index (χ3n) is 3.39. The Kier molecular flexibility index (Phi) is 7.61. The molecule has 1 aliphatic rings. The van der Waals surface area contributed by atoms with Crippen molar-refractivity contribution in [2.75, 3.05) is 45.8 Å². The van der Waals surface area contributed by atoms with E-state index in [4.69, 9.17) is 9.84 Å². The average molecular weight is 315 g/mol. The number of amides is 1. The van der Waals surface area contributed by atoms with Crippen molar-refractivity contribution in [3.05, 3.63) is 0 Å². The first-order valence-corrected chi connectivity index (χ1v) is 7.89. The zero-order valence-electron chi connectivity index (χ0n) is 13.9. The van der Waals surface area contributed by atoms with E-state index in [2.05, 4.69) is 10.2 Å². The fourth-order valence-corrected chi connectivity index (χ4v) is 2.33. The first kappa shape index (κ1) is 18.7. The largest absolute Gasteiger partial charge is 0.480 e. The number of nitrogens with zero attached hydrogens (tertiary/aromatic N) is 2. The van der Waals surface area contributed by atoms with Gasteiger partial charge >= 0.3 is 12.1 Å². The predicted octanol–water partition coefficient (Wildman–Crippen LogP) is 0.994. The molecule has 0 aliphatic carbocycles. The Bertz CT molecular complexity index is 360. The normalized spacial score (nSPS) is 17.2. The number of hydrogen-bond acceptors (Lipinski definition) is 5. The number of carbonyl (C=O) groups excluding carboxylic acids is 1. The Balaban J connectivity index is 2.02. The molecule has 0 aromatic rings. The highest BCUT2D eigenvalue weighted by atomic mass is 16.6. The van der Waals surface area contributed by atoms with Crippen molar-refractivity contribution in [3.63, 3.8) is 0 Å². The number of aliphatic carboxylic acids is 1. The quantitative estimate of drug-likeness (QED) is 0.682. The van der Waals surface area contributed by atoms with Crippen molar-refractivity contribution in [2.45, 2.75) is 39.2 Å². The molecule has 1 rings (SSSR count). The molecular formula is C15H29N3O4. The molecule has 0 bridgehead atoms.